The molecule has 7 rings (SSSR count). The summed E-state index contributed by atoms with van der Waals surface area (Å²) in [6, 6.07) is 70.3. The standard InChI is InChI=1S/C38H34NP2.C5H5.Fe/c1-39(2)38(35-27-17-29-37(35)41(32-22-11-5-12-23-32)33-24-13-6-14-25-33)34-26-15-16-28-36(34)40(30-18-7-3-8-19-30)31-20-9-4-10-21-31;1-2-4-5-3-1;/h3-29,38H,1-2H3;1-5H;/q-1;-5;/t38-;;/m0../s1. The van der Waals surface area contributed by atoms with E-state index in [4.69, 9.17) is 0 Å². The molecule has 240 valence electrons. The van der Waals surface area contributed by atoms with E-state index in [1.807, 2.05) is 30.3 Å². The summed E-state index contributed by atoms with van der Waals surface area (Å²) in [4.78, 5) is 2.39. The van der Waals surface area contributed by atoms with Gasteiger partial charge in [0.05, 0.1) is 0 Å². The van der Waals surface area contributed by atoms with Gasteiger partial charge in [-0.15, -0.1) is 10.9 Å². The first kappa shape index (κ1) is 34.5. The van der Waals surface area contributed by atoms with Crippen molar-refractivity contribution < 1.29 is 17.1 Å². The van der Waals surface area contributed by atoms with E-state index in [1.54, 1.807) is 0 Å². The first-order valence-electron chi connectivity index (χ1n) is 15.7. The fraction of sp³-hybridized carbons (Fsp3) is 0.0698. The quantitative estimate of drug-likeness (QED) is 0.0846. The molecule has 0 aliphatic carbocycles. The Hall–Kier alpha value is -3.86. The van der Waals surface area contributed by atoms with Crippen molar-refractivity contribution in [2.75, 3.05) is 14.1 Å². The fourth-order valence-electron chi connectivity index (χ4n) is 5.99. The molecule has 1 atom stereocenters. The van der Waals surface area contributed by atoms with Crippen molar-refractivity contribution in [2.45, 2.75) is 6.04 Å². The third-order valence-electron chi connectivity index (χ3n) is 7.96. The predicted molar refractivity (Wildman–Crippen MR) is 203 cm³/mol. The molecule has 0 aromatic heterocycles. The summed E-state index contributed by atoms with van der Waals surface area (Å²) >= 11 is 0. The van der Waals surface area contributed by atoms with Crippen LogP contribution >= 0.6 is 15.8 Å². The summed E-state index contributed by atoms with van der Waals surface area (Å²) in [6.45, 7) is 0. The topological polar surface area (TPSA) is 3.24 Å². The van der Waals surface area contributed by atoms with E-state index in [0.717, 1.165) is 0 Å². The molecule has 0 saturated carbocycles. The molecule has 0 bridgehead atoms. The van der Waals surface area contributed by atoms with Gasteiger partial charge in [0.15, 0.2) is 0 Å². The number of benzene rings is 5. The molecule has 0 aliphatic rings. The summed E-state index contributed by atoms with van der Waals surface area (Å²) in [6.07, 6.45) is 0. The van der Waals surface area contributed by atoms with Crippen LogP contribution < -0.4 is 31.8 Å². The van der Waals surface area contributed by atoms with E-state index in [9.17, 15) is 0 Å². The second-order valence-electron chi connectivity index (χ2n) is 11.3. The molecule has 0 spiro atoms. The van der Waals surface area contributed by atoms with Crippen LogP contribution in [0, 0.1) is 0 Å². The van der Waals surface area contributed by atoms with Gasteiger partial charge in [0, 0.05) is 23.1 Å². The minimum Gasteiger partial charge on any atom is -0.748 e. The largest absolute Gasteiger partial charge is 0.748 e. The van der Waals surface area contributed by atoms with E-state index >= 15 is 0 Å². The van der Waals surface area contributed by atoms with Crippen LogP contribution in [0.5, 0.6) is 0 Å². The Kier molecular flexibility index (Phi) is 12.7. The maximum Gasteiger partial charge on any atom is 0.0157 e. The van der Waals surface area contributed by atoms with Crippen molar-refractivity contribution in [3.05, 3.63) is 205 Å². The molecule has 0 N–H and O–H groups in total. The van der Waals surface area contributed by atoms with E-state index in [2.05, 4.69) is 183 Å². The summed E-state index contributed by atoms with van der Waals surface area (Å²) < 4.78 is 0. The zero-order valence-corrected chi connectivity index (χ0v) is 29.6. The average molecular weight is 688 g/mol. The Morgan fingerprint density at radius 1 is 0.468 bits per heavy atom. The van der Waals surface area contributed by atoms with E-state index in [0.29, 0.717) is 0 Å². The maximum atomic E-state index is 2.39. The molecular formula is C43H39FeNP2-6. The second kappa shape index (κ2) is 17.3. The van der Waals surface area contributed by atoms with Gasteiger partial charge in [-0.05, 0) is 62.0 Å². The van der Waals surface area contributed by atoms with Crippen LogP contribution in [0.1, 0.15) is 17.2 Å². The minimum atomic E-state index is -0.734. The van der Waals surface area contributed by atoms with Gasteiger partial charge in [0.25, 0.3) is 0 Å². The van der Waals surface area contributed by atoms with Crippen LogP contribution in [0.3, 0.4) is 0 Å². The number of rotatable bonds is 9. The van der Waals surface area contributed by atoms with Crippen LogP contribution in [0.25, 0.3) is 0 Å². The molecular weight excluding hydrogens is 648 g/mol. The van der Waals surface area contributed by atoms with Gasteiger partial charge in [0.2, 0.25) is 0 Å². The Bertz CT molecular complexity index is 1770. The average Bonchev–Trinajstić information content (AvgIpc) is 3.85. The normalized spacial score (nSPS) is 11.5. The van der Waals surface area contributed by atoms with Crippen molar-refractivity contribution in [3.63, 3.8) is 0 Å². The molecule has 0 radical (unpaired) electrons. The molecule has 4 heteroatoms. The van der Waals surface area contributed by atoms with Crippen LogP contribution in [0.4, 0.5) is 0 Å². The monoisotopic (exact) mass is 687 g/mol. The van der Waals surface area contributed by atoms with Gasteiger partial charge in [-0.3, -0.25) is 0 Å². The van der Waals surface area contributed by atoms with Crippen molar-refractivity contribution in [3.8, 4) is 0 Å². The van der Waals surface area contributed by atoms with Crippen molar-refractivity contribution in [2.24, 2.45) is 0 Å². The molecule has 47 heavy (non-hydrogen) atoms. The first-order chi connectivity index (χ1) is 22.7. The summed E-state index contributed by atoms with van der Waals surface area (Å²) in [7, 11) is 3.00. The van der Waals surface area contributed by atoms with Gasteiger partial charge >= 0.3 is 0 Å². The van der Waals surface area contributed by atoms with E-state index in [1.165, 1.54) is 43.0 Å². The molecule has 0 amide bonds. The Morgan fingerprint density at radius 2 is 0.851 bits per heavy atom. The van der Waals surface area contributed by atoms with Crippen molar-refractivity contribution in [1.82, 2.24) is 4.90 Å². The van der Waals surface area contributed by atoms with Gasteiger partial charge in [-0.25, -0.2) is 12.1 Å². The second-order valence-corrected chi connectivity index (χ2v) is 15.6. The molecule has 0 fully saturated rings. The Labute approximate surface area is 293 Å². The molecule has 7 aromatic rings. The minimum absolute atomic E-state index is 0. The summed E-state index contributed by atoms with van der Waals surface area (Å²) in [5, 5.41) is 8.34. The molecule has 0 saturated heterocycles. The van der Waals surface area contributed by atoms with Gasteiger partial charge in [-0.2, -0.15) is 6.07 Å². The maximum absolute atomic E-state index is 2.39. The van der Waals surface area contributed by atoms with Gasteiger partial charge < -0.3 is 35.2 Å². The summed E-state index contributed by atoms with van der Waals surface area (Å²) in [5.41, 5.74) is 2.76. The van der Waals surface area contributed by atoms with E-state index in [-0.39, 0.29) is 23.1 Å². The molecule has 7 aromatic carbocycles. The van der Waals surface area contributed by atoms with Crippen LogP contribution in [-0.4, -0.2) is 19.0 Å². The fourth-order valence-corrected chi connectivity index (χ4v) is 11.0. The third-order valence-corrected chi connectivity index (χ3v) is 13.0. The zero-order chi connectivity index (χ0) is 31.6. The number of hydrogen-bond donors (Lipinski definition) is 0. The number of hydrogen-bond acceptors (Lipinski definition) is 1. The molecule has 0 aliphatic heterocycles. The first-order valence-corrected chi connectivity index (χ1v) is 18.4. The van der Waals surface area contributed by atoms with Crippen LogP contribution in [0.15, 0.2) is 194 Å². The van der Waals surface area contributed by atoms with Crippen LogP contribution in [-0.2, 0) is 17.1 Å². The Balaban J connectivity index is 0.000000662. The van der Waals surface area contributed by atoms with Crippen molar-refractivity contribution in [1.29, 1.82) is 0 Å². The molecule has 0 unspecified atom stereocenters. The SMILES string of the molecule is CN(C)[C@@H](c1ccccc1P(c1ccccc1)c1ccccc1)[c-]1cccc1P(c1ccccc1)c1ccccc1.[Fe].[cH-]1[cH-][cH-][cH-][cH-]1. The van der Waals surface area contributed by atoms with Crippen molar-refractivity contribution >= 4 is 47.7 Å². The van der Waals surface area contributed by atoms with Crippen LogP contribution in [0.2, 0.25) is 0 Å². The Morgan fingerprint density at radius 3 is 1.28 bits per heavy atom. The van der Waals surface area contributed by atoms with E-state index < -0.39 is 15.8 Å². The zero-order valence-electron chi connectivity index (χ0n) is 26.7. The van der Waals surface area contributed by atoms with Gasteiger partial charge in [-0.1, -0.05) is 146 Å². The molecule has 1 nitrogen and oxygen atoms in total. The molecule has 0 heterocycles. The van der Waals surface area contributed by atoms with Gasteiger partial charge in [0.1, 0.15) is 0 Å². The summed E-state index contributed by atoms with van der Waals surface area (Å²) in [5.74, 6) is 0. The smallest absolute Gasteiger partial charge is 0.0157 e. The predicted octanol–water partition coefficient (Wildman–Crippen LogP) is 7.98. The third kappa shape index (κ3) is 8.36. The number of nitrogens with zero attached hydrogens (tertiary/aromatic N) is 1.